The molecule has 1 aliphatic heterocycles. The lowest BCUT2D eigenvalue weighted by Gasteiger charge is -2.24. The average molecular weight is 326 g/mol. The van der Waals surface area contributed by atoms with Gasteiger partial charge in [-0.3, -0.25) is 4.79 Å². The molecule has 1 amide bonds. The summed E-state index contributed by atoms with van der Waals surface area (Å²) < 4.78 is 38.4. The van der Waals surface area contributed by atoms with Crippen molar-refractivity contribution in [3.63, 3.8) is 0 Å². The van der Waals surface area contributed by atoms with E-state index < -0.39 is 11.7 Å². The Kier molecular flexibility index (Phi) is 4.36. The Morgan fingerprint density at radius 2 is 2.17 bits per heavy atom. The number of nitrogens with one attached hydrogen (secondary N) is 1. The smallest absolute Gasteiger partial charge is 0.338 e. The summed E-state index contributed by atoms with van der Waals surface area (Å²) in [6.07, 6.45) is -1.69. The number of carbonyl (C=O) groups is 1. The van der Waals surface area contributed by atoms with Gasteiger partial charge >= 0.3 is 6.18 Å². The van der Waals surface area contributed by atoms with Crippen molar-refractivity contribution >= 4 is 5.91 Å². The molecular formula is C17H21F3N2O. The van der Waals surface area contributed by atoms with Crippen LogP contribution < -0.4 is 5.32 Å². The molecule has 1 heterocycles. The van der Waals surface area contributed by atoms with Crippen molar-refractivity contribution < 1.29 is 18.0 Å². The molecule has 1 saturated carbocycles. The molecule has 3 nitrogen and oxygen atoms in total. The maximum atomic E-state index is 12.8. The first-order chi connectivity index (χ1) is 10.9. The second-order valence-corrected chi connectivity index (χ2v) is 6.46. The van der Waals surface area contributed by atoms with Crippen LogP contribution in [0.5, 0.6) is 0 Å². The van der Waals surface area contributed by atoms with Crippen molar-refractivity contribution in [3.05, 3.63) is 35.4 Å². The van der Waals surface area contributed by atoms with Crippen LogP contribution in [0.2, 0.25) is 0 Å². The number of likely N-dealkylation sites (tertiary alicyclic amines) is 1. The van der Waals surface area contributed by atoms with Gasteiger partial charge in [0.2, 0.25) is 5.91 Å². The lowest BCUT2D eigenvalue weighted by atomic mass is 10.0. The SMILES string of the molecule is CNCC1CCCN1C(=O)C1CC1c1cccc(C(F)(F)F)c1. The zero-order valence-corrected chi connectivity index (χ0v) is 13.1. The van der Waals surface area contributed by atoms with E-state index in [1.807, 2.05) is 11.9 Å². The molecule has 3 rings (SSSR count). The van der Waals surface area contributed by atoms with Crippen LogP contribution in [0, 0.1) is 5.92 Å². The Hall–Kier alpha value is -1.56. The number of hydrogen-bond acceptors (Lipinski definition) is 2. The Morgan fingerprint density at radius 3 is 2.87 bits per heavy atom. The molecule has 0 radical (unpaired) electrons. The molecule has 23 heavy (non-hydrogen) atoms. The summed E-state index contributed by atoms with van der Waals surface area (Å²) in [6.45, 7) is 1.53. The van der Waals surface area contributed by atoms with Crippen molar-refractivity contribution in [2.45, 2.75) is 37.4 Å². The van der Waals surface area contributed by atoms with Gasteiger partial charge in [0.1, 0.15) is 0 Å². The number of nitrogens with zero attached hydrogens (tertiary/aromatic N) is 1. The fourth-order valence-corrected chi connectivity index (χ4v) is 3.57. The van der Waals surface area contributed by atoms with Gasteiger partial charge in [-0.15, -0.1) is 0 Å². The molecule has 2 fully saturated rings. The van der Waals surface area contributed by atoms with E-state index in [1.54, 1.807) is 6.07 Å². The number of halogens is 3. The summed E-state index contributed by atoms with van der Waals surface area (Å²) >= 11 is 0. The van der Waals surface area contributed by atoms with Crippen molar-refractivity contribution in [3.8, 4) is 0 Å². The van der Waals surface area contributed by atoms with Crippen molar-refractivity contribution in [1.82, 2.24) is 10.2 Å². The van der Waals surface area contributed by atoms with Crippen LogP contribution in [0.25, 0.3) is 0 Å². The van der Waals surface area contributed by atoms with Gasteiger partial charge in [-0.2, -0.15) is 13.2 Å². The molecule has 126 valence electrons. The topological polar surface area (TPSA) is 32.3 Å². The largest absolute Gasteiger partial charge is 0.416 e. The molecular weight excluding hydrogens is 305 g/mol. The monoisotopic (exact) mass is 326 g/mol. The number of amides is 1. The Morgan fingerprint density at radius 1 is 1.39 bits per heavy atom. The van der Waals surface area contributed by atoms with E-state index >= 15 is 0 Å². The van der Waals surface area contributed by atoms with Crippen molar-refractivity contribution in [1.29, 1.82) is 0 Å². The zero-order chi connectivity index (χ0) is 16.6. The van der Waals surface area contributed by atoms with E-state index in [9.17, 15) is 18.0 Å². The zero-order valence-electron chi connectivity index (χ0n) is 13.1. The number of likely N-dealkylation sites (N-methyl/N-ethyl adjacent to an activating group) is 1. The van der Waals surface area contributed by atoms with E-state index in [0.29, 0.717) is 12.0 Å². The van der Waals surface area contributed by atoms with Crippen LogP contribution in [-0.2, 0) is 11.0 Å². The van der Waals surface area contributed by atoms with Gasteiger partial charge in [0.05, 0.1) is 5.56 Å². The van der Waals surface area contributed by atoms with Gasteiger partial charge < -0.3 is 10.2 Å². The summed E-state index contributed by atoms with van der Waals surface area (Å²) in [5.41, 5.74) is -0.00938. The Balaban J connectivity index is 1.68. The molecule has 6 heteroatoms. The van der Waals surface area contributed by atoms with Crippen LogP contribution in [0.3, 0.4) is 0 Å². The number of alkyl halides is 3. The molecule has 1 aromatic rings. The van der Waals surface area contributed by atoms with Crippen molar-refractivity contribution in [2.75, 3.05) is 20.1 Å². The molecule has 1 N–H and O–H groups in total. The standard InChI is InChI=1S/C17H21F3N2O/c1-21-10-13-6-3-7-22(13)16(23)15-9-14(15)11-4-2-5-12(8-11)17(18,19)20/h2,4-5,8,13-15,21H,3,6-7,9-10H2,1H3. The normalized spacial score (nSPS) is 27.3. The summed E-state index contributed by atoms with van der Waals surface area (Å²) in [5.74, 6) is -0.123. The van der Waals surface area contributed by atoms with E-state index in [0.717, 1.165) is 32.0 Å². The number of benzene rings is 1. The second-order valence-electron chi connectivity index (χ2n) is 6.46. The lowest BCUT2D eigenvalue weighted by molar-refractivity contribution is -0.137. The maximum Gasteiger partial charge on any atom is 0.416 e. The predicted octanol–water partition coefficient (Wildman–Crippen LogP) is 3.02. The summed E-state index contributed by atoms with van der Waals surface area (Å²) in [6, 6.07) is 5.61. The highest BCUT2D eigenvalue weighted by atomic mass is 19.4. The van der Waals surface area contributed by atoms with Crippen LogP contribution >= 0.6 is 0 Å². The van der Waals surface area contributed by atoms with Gasteiger partial charge in [0, 0.05) is 25.0 Å². The Bertz CT molecular complexity index is 587. The maximum absolute atomic E-state index is 12.8. The molecule has 0 aromatic heterocycles. The molecule has 1 aliphatic carbocycles. The summed E-state index contributed by atoms with van der Waals surface area (Å²) in [5, 5.41) is 3.10. The molecule has 3 atom stereocenters. The summed E-state index contributed by atoms with van der Waals surface area (Å²) in [4.78, 5) is 14.5. The predicted molar refractivity (Wildman–Crippen MR) is 81.0 cm³/mol. The van der Waals surface area contributed by atoms with Gasteiger partial charge in [-0.05, 0) is 43.9 Å². The fraction of sp³-hybridized carbons (Fsp3) is 0.588. The molecule has 2 aliphatic rings. The molecule has 1 saturated heterocycles. The Labute approximate surface area is 133 Å². The second kappa shape index (κ2) is 6.15. The minimum atomic E-state index is -4.34. The van der Waals surface area contributed by atoms with E-state index in [-0.39, 0.29) is 23.8 Å². The quantitative estimate of drug-likeness (QED) is 0.922. The minimum absolute atomic E-state index is 0.0689. The summed E-state index contributed by atoms with van der Waals surface area (Å²) in [7, 11) is 1.86. The van der Waals surface area contributed by atoms with Crippen LogP contribution in [-0.4, -0.2) is 37.0 Å². The highest BCUT2D eigenvalue weighted by Crippen LogP contribution is 2.49. The van der Waals surface area contributed by atoms with E-state index in [4.69, 9.17) is 0 Å². The van der Waals surface area contributed by atoms with Gasteiger partial charge in [-0.25, -0.2) is 0 Å². The molecule has 0 bridgehead atoms. The van der Waals surface area contributed by atoms with Gasteiger partial charge in [-0.1, -0.05) is 18.2 Å². The van der Waals surface area contributed by atoms with Crippen LogP contribution in [0.1, 0.15) is 36.3 Å². The van der Waals surface area contributed by atoms with E-state index in [2.05, 4.69) is 5.32 Å². The highest BCUT2D eigenvalue weighted by Gasteiger charge is 2.48. The lowest BCUT2D eigenvalue weighted by Crippen LogP contribution is -2.41. The third-order valence-electron chi connectivity index (χ3n) is 4.85. The fourth-order valence-electron chi connectivity index (χ4n) is 3.57. The minimum Gasteiger partial charge on any atom is -0.338 e. The van der Waals surface area contributed by atoms with E-state index in [1.165, 1.54) is 12.1 Å². The third kappa shape index (κ3) is 3.37. The highest BCUT2D eigenvalue weighted by molar-refractivity contribution is 5.83. The first-order valence-corrected chi connectivity index (χ1v) is 8.04. The average Bonchev–Trinajstić information content (AvgIpc) is 3.18. The number of carbonyl (C=O) groups excluding carboxylic acids is 1. The molecule has 0 spiro atoms. The first-order valence-electron chi connectivity index (χ1n) is 8.04. The first kappa shape index (κ1) is 16.3. The van der Waals surface area contributed by atoms with Crippen LogP contribution in [0.4, 0.5) is 13.2 Å². The number of rotatable bonds is 4. The van der Waals surface area contributed by atoms with Gasteiger partial charge in [0.25, 0.3) is 0 Å². The molecule has 1 aromatic carbocycles. The van der Waals surface area contributed by atoms with Crippen LogP contribution in [0.15, 0.2) is 24.3 Å². The molecule has 3 unspecified atom stereocenters. The van der Waals surface area contributed by atoms with Gasteiger partial charge in [0.15, 0.2) is 0 Å². The third-order valence-corrected chi connectivity index (χ3v) is 4.85. The van der Waals surface area contributed by atoms with Crippen molar-refractivity contribution in [2.24, 2.45) is 5.92 Å². The number of hydrogen-bond donors (Lipinski definition) is 1.